The minimum atomic E-state index is -0.625. The fraction of sp³-hybridized carbons (Fsp3) is 0.364. The van der Waals surface area contributed by atoms with Crippen molar-refractivity contribution in [2.45, 2.75) is 19.4 Å². The predicted octanol–water partition coefficient (Wildman–Crippen LogP) is 4.02. The molecule has 92 valence electrons. The maximum Gasteiger partial charge on any atom is 0.161 e. The Kier molecular flexibility index (Phi) is 4.04. The number of rotatable bonds is 2. The van der Waals surface area contributed by atoms with Gasteiger partial charge in [-0.05, 0) is 18.6 Å². The number of nitrogens with one attached hydrogen (secondary N) is 1. The van der Waals surface area contributed by atoms with Crippen molar-refractivity contribution in [2.75, 3.05) is 11.1 Å². The third-order valence-corrected chi connectivity index (χ3v) is 3.91. The molecule has 17 heavy (non-hydrogen) atoms. The average Bonchev–Trinajstić information content (AvgIpc) is 2.71. The van der Waals surface area contributed by atoms with Gasteiger partial charge >= 0.3 is 0 Å². The van der Waals surface area contributed by atoms with Crippen LogP contribution in [0.3, 0.4) is 0 Å². The molecular formula is C11H11BrF2N2S. The molecule has 1 aromatic rings. The van der Waals surface area contributed by atoms with Crippen molar-refractivity contribution in [2.24, 2.45) is 4.99 Å². The molecule has 0 bridgehead atoms. The van der Waals surface area contributed by atoms with Gasteiger partial charge < -0.3 is 5.32 Å². The van der Waals surface area contributed by atoms with Crippen LogP contribution in [0.5, 0.6) is 0 Å². The first-order valence-electron chi connectivity index (χ1n) is 5.22. The summed E-state index contributed by atoms with van der Waals surface area (Å²) in [5.74, 6) is -0.390. The quantitative estimate of drug-likeness (QED) is 0.890. The van der Waals surface area contributed by atoms with Crippen molar-refractivity contribution >= 4 is 38.5 Å². The highest BCUT2D eigenvalue weighted by Crippen LogP contribution is 2.27. The minimum absolute atomic E-state index is 0.142. The lowest BCUT2D eigenvalue weighted by Crippen LogP contribution is -2.09. The number of nitrogens with zero attached hydrogens (tertiary/aromatic N) is 1. The molecule has 0 spiro atoms. The van der Waals surface area contributed by atoms with Gasteiger partial charge in [-0.1, -0.05) is 34.6 Å². The van der Waals surface area contributed by atoms with E-state index in [4.69, 9.17) is 0 Å². The number of halogens is 3. The zero-order chi connectivity index (χ0) is 12.4. The fourth-order valence-electron chi connectivity index (χ4n) is 1.46. The van der Waals surface area contributed by atoms with E-state index in [0.29, 0.717) is 9.64 Å². The van der Waals surface area contributed by atoms with Crippen molar-refractivity contribution < 1.29 is 8.78 Å². The largest absolute Gasteiger partial charge is 0.330 e. The van der Waals surface area contributed by atoms with E-state index in [-0.39, 0.29) is 11.7 Å². The summed E-state index contributed by atoms with van der Waals surface area (Å²) in [6.07, 6.45) is 0.934. The molecule has 0 fully saturated rings. The van der Waals surface area contributed by atoms with E-state index < -0.39 is 11.6 Å². The van der Waals surface area contributed by atoms with E-state index in [2.05, 4.69) is 26.2 Å². The Bertz CT molecular complexity index is 442. The Morgan fingerprint density at radius 3 is 2.65 bits per heavy atom. The zero-order valence-electron chi connectivity index (χ0n) is 9.14. The van der Waals surface area contributed by atoms with Gasteiger partial charge in [0.05, 0.1) is 6.04 Å². The third-order valence-electron chi connectivity index (χ3n) is 2.42. The van der Waals surface area contributed by atoms with Crippen LogP contribution in [0.25, 0.3) is 0 Å². The summed E-state index contributed by atoms with van der Waals surface area (Å²) >= 11 is 4.52. The molecular weight excluding hydrogens is 310 g/mol. The van der Waals surface area contributed by atoms with Gasteiger partial charge in [-0.15, -0.1) is 0 Å². The van der Waals surface area contributed by atoms with Gasteiger partial charge in [-0.3, -0.25) is 4.99 Å². The van der Waals surface area contributed by atoms with Crippen molar-refractivity contribution in [3.63, 3.8) is 0 Å². The Morgan fingerprint density at radius 1 is 1.47 bits per heavy atom. The first kappa shape index (κ1) is 12.8. The van der Waals surface area contributed by atoms with Gasteiger partial charge in [0.2, 0.25) is 0 Å². The van der Waals surface area contributed by atoms with Crippen LogP contribution in [0, 0.1) is 11.6 Å². The first-order chi connectivity index (χ1) is 8.10. The second-order valence-electron chi connectivity index (χ2n) is 3.68. The van der Waals surface area contributed by atoms with Crippen LogP contribution in [0.2, 0.25) is 0 Å². The number of hydrogen-bond donors (Lipinski definition) is 1. The highest BCUT2D eigenvalue weighted by Gasteiger charge is 2.19. The smallest absolute Gasteiger partial charge is 0.161 e. The van der Waals surface area contributed by atoms with Crippen LogP contribution < -0.4 is 5.32 Å². The molecule has 1 unspecified atom stereocenters. The Balaban J connectivity index is 2.20. The molecule has 6 heteroatoms. The summed E-state index contributed by atoms with van der Waals surface area (Å²) in [4.78, 5) is 4.33. The molecule has 1 heterocycles. The van der Waals surface area contributed by atoms with Crippen LogP contribution in [0.1, 0.15) is 13.3 Å². The molecule has 0 aliphatic carbocycles. The second kappa shape index (κ2) is 5.35. The average molecular weight is 321 g/mol. The molecule has 0 saturated carbocycles. The summed E-state index contributed by atoms with van der Waals surface area (Å²) in [7, 11) is 0. The highest BCUT2D eigenvalue weighted by atomic mass is 79.9. The number of aliphatic imine (C=N–C) groups is 1. The summed E-state index contributed by atoms with van der Waals surface area (Å²) in [5.41, 5.74) is -0.142. The van der Waals surface area contributed by atoms with Crippen molar-refractivity contribution in [3.8, 4) is 0 Å². The third kappa shape index (κ3) is 2.98. The van der Waals surface area contributed by atoms with Crippen molar-refractivity contribution in [1.29, 1.82) is 0 Å². The summed E-state index contributed by atoms with van der Waals surface area (Å²) in [6.45, 7) is 2.04. The molecule has 0 radical (unpaired) electrons. The van der Waals surface area contributed by atoms with Gasteiger partial charge in [0.15, 0.2) is 16.8 Å². The van der Waals surface area contributed by atoms with Gasteiger partial charge in [0.25, 0.3) is 0 Å². The molecule has 0 saturated heterocycles. The van der Waals surface area contributed by atoms with Gasteiger partial charge in [0.1, 0.15) is 5.69 Å². The van der Waals surface area contributed by atoms with Crippen LogP contribution in [0.15, 0.2) is 21.6 Å². The molecule has 0 amide bonds. The number of amidine groups is 1. The first-order valence-corrected chi connectivity index (χ1v) is 7.00. The Hall–Kier alpha value is -0.620. The maximum atomic E-state index is 13.5. The maximum absolute atomic E-state index is 13.5. The second-order valence-corrected chi connectivity index (χ2v) is 5.60. The normalized spacial score (nSPS) is 19.3. The van der Waals surface area contributed by atoms with E-state index in [1.807, 2.05) is 6.92 Å². The SMILES string of the molecule is CCC1CSC(Nc2c(F)cc(Br)cc2F)=N1. The lowest BCUT2D eigenvalue weighted by molar-refractivity contribution is 0.590. The molecule has 1 aliphatic heterocycles. The molecule has 2 nitrogen and oxygen atoms in total. The van der Waals surface area contributed by atoms with E-state index in [0.717, 1.165) is 12.2 Å². The highest BCUT2D eigenvalue weighted by molar-refractivity contribution is 9.10. The fourth-order valence-corrected chi connectivity index (χ4v) is 2.92. The van der Waals surface area contributed by atoms with Crippen LogP contribution in [-0.4, -0.2) is 17.0 Å². The molecule has 1 aromatic carbocycles. The van der Waals surface area contributed by atoms with E-state index >= 15 is 0 Å². The van der Waals surface area contributed by atoms with E-state index in [9.17, 15) is 8.78 Å². The zero-order valence-corrected chi connectivity index (χ0v) is 11.5. The standard InChI is InChI=1S/C11H11BrF2N2S/c1-2-7-5-17-11(15-7)16-10-8(13)3-6(12)4-9(10)14/h3-4,7H,2,5H2,1H3,(H,15,16). The summed E-state index contributed by atoms with van der Waals surface area (Å²) in [5, 5.41) is 3.29. The van der Waals surface area contributed by atoms with Crippen LogP contribution in [0.4, 0.5) is 14.5 Å². The molecule has 0 aromatic heterocycles. The van der Waals surface area contributed by atoms with Crippen LogP contribution in [-0.2, 0) is 0 Å². The predicted molar refractivity (Wildman–Crippen MR) is 71.7 cm³/mol. The minimum Gasteiger partial charge on any atom is -0.330 e. The van der Waals surface area contributed by atoms with Gasteiger partial charge in [-0.25, -0.2) is 8.78 Å². The molecule has 1 atom stereocenters. The lowest BCUT2D eigenvalue weighted by atomic mass is 10.3. The topological polar surface area (TPSA) is 24.4 Å². The summed E-state index contributed by atoms with van der Waals surface area (Å²) in [6, 6.07) is 2.69. The Labute approximate surface area is 111 Å². The number of anilines is 1. The van der Waals surface area contributed by atoms with Crippen molar-refractivity contribution in [3.05, 3.63) is 28.2 Å². The number of benzene rings is 1. The van der Waals surface area contributed by atoms with Gasteiger partial charge in [0, 0.05) is 10.2 Å². The molecule has 2 rings (SSSR count). The van der Waals surface area contributed by atoms with E-state index in [1.54, 1.807) is 0 Å². The van der Waals surface area contributed by atoms with Crippen LogP contribution >= 0.6 is 27.7 Å². The monoisotopic (exact) mass is 320 g/mol. The van der Waals surface area contributed by atoms with E-state index in [1.165, 1.54) is 23.9 Å². The molecule has 1 N–H and O–H groups in total. The molecule has 1 aliphatic rings. The summed E-state index contributed by atoms with van der Waals surface area (Å²) < 4.78 is 27.5. The lowest BCUT2D eigenvalue weighted by Gasteiger charge is -2.08. The number of thioether (sulfide) groups is 1. The Morgan fingerprint density at radius 2 is 2.12 bits per heavy atom. The number of hydrogen-bond acceptors (Lipinski definition) is 3. The van der Waals surface area contributed by atoms with Crippen molar-refractivity contribution in [1.82, 2.24) is 0 Å². The van der Waals surface area contributed by atoms with Gasteiger partial charge in [-0.2, -0.15) is 0 Å².